The number of rotatable bonds is 4. The van der Waals surface area contributed by atoms with Crippen molar-refractivity contribution >= 4 is 23.4 Å². The van der Waals surface area contributed by atoms with Crippen molar-refractivity contribution < 1.29 is 9.50 Å². The van der Waals surface area contributed by atoms with Gasteiger partial charge in [0.15, 0.2) is 0 Å². The molecule has 0 bridgehead atoms. The molecule has 5 nitrogen and oxygen atoms in total. The number of halogens is 2. The van der Waals surface area contributed by atoms with Crippen LogP contribution in [-0.4, -0.2) is 34.3 Å². The first-order chi connectivity index (χ1) is 11.0. The minimum atomic E-state index is -0.335. The molecule has 1 aliphatic rings. The molecular weight excluding hydrogens is 319 g/mol. The van der Waals surface area contributed by atoms with Crippen LogP contribution in [0, 0.1) is 5.82 Å². The van der Waals surface area contributed by atoms with Gasteiger partial charge in [-0.1, -0.05) is 23.7 Å². The van der Waals surface area contributed by atoms with E-state index in [1.54, 1.807) is 18.2 Å². The third kappa shape index (κ3) is 3.89. The van der Waals surface area contributed by atoms with Crippen LogP contribution in [-0.2, 0) is 0 Å². The highest BCUT2D eigenvalue weighted by atomic mass is 35.5. The van der Waals surface area contributed by atoms with Gasteiger partial charge in [0, 0.05) is 19.2 Å². The van der Waals surface area contributed by atoms with Gasteiger partial charge in [-0.25, -0.2) is 9.37 Å². The summed E-state index contributed by atoms with van der Waals surface area (Å²) >= 11 is 6.09. The van der Waals surface area contributed by atoms with E-state index in [-0.39, 0.29) is 18.0 Å². The molecule has 0 spiro atoms. The Hall–Kier alpha value is -1.92. The van der Waals surface area contributed by atoms with Gasteiger partial charge in [-0.2, -0.15) is 4.98 Å². The van der Waals surface area contributed by atoms with E-state index in [4.69, 9.17) is 11.6 Å². The summed E-state index contributed by atoms with van der Waals surface area (Å²) in [5, 5.41) is 13.2. The van der Waals surface area contributed by atoms with Gasteiger partial charge in [0.25, 0.3) is 0 Å². The summed E-state index contributed by atoms with van der Waals surface area (Å²) in [5.74, 6) is 0.830. The van der Waals surface area contributed by atoms with Crippen LogP contribution < -0.4 is 10.2 Å². The van der Waals surface area contributed by atoms with Crippen LogP contribution in [0.1, 0.15) is 24.9 Å². The average Bonchev–Trinajstić information content (AvgIpc) is 2.94. The second kappa shape index (κ2) is 6.68. The highest BCUT2D eigenvalue weighted by Gasteiger charge is 2.22. The maximum Gasteiger partial charge on any atom is 0.226 e. The van der Waals surface area contributed by atoms with Crippen LogP contribution in [0.3, 0.4) is 0 Å². The number of β-amino-alcohol motifs (C(OH)–C–C–N with tert-alkyl or cyclic N) is 1. The summed E-state index contributed by atoms with van der Waals surface area (Å²) in [7, 11) is 0. The van der Waals surface area contributed by atoms with Crippen molar-refractivity contribution in [1.29, 1.82) is 0 Å². The standard InChI is InChI=1S/C16H18ClFN4O/c1-10(11-2-4-12(18)5-3-11)19-16-20-14(17)8-15(21-16)22-7-6-13(23)9-22/h2-5,8,10,13,23H,6-7,9H2,1H3,(H,19,20,21)/t10-,13?/m0/s1. The molecule has 3 rings (SSSR count). The van der Waals surface area contributed by atoms with Crippen molar-refractivity contribution in [3.05, 3.63) is 46.9 Å². The van der Waals surface area contributed by atoms with Crippen LogP contribution in [0.2, 0.25) is 5.15 Å². The Morgan fingerprint density at radius 1 is 1.35 bits per heavy atom. The SMILES string of the molecule is C[C@H](Nc1nc(Cl)cc(N2CCC(O)C2)n1)c1ccc(F)cc1. The van der Waals surface area contributed by atoms with Crippen LogP contribution in [0.5, 0.6) is 0 Å². The minimum absolute atomic E-state index is 0.0916. The maximum absolute atomic E-state index is 13.0. The normalized spacial score (nSPS) is 19.0. The minimum Gasteiger partial charge on any atom is -0.391 e. The molecule has 23 heavy (non-hydrogen) atoms. The third-order valence-corrected chi connectivity index (χ3v) is 4.08. The smallest absolute Gasteiger partial charge is 0.226 e. The lowest BCUT2D eigenvalue weighted by atomic mass is 10.1. The Bertz CT molecular complexity index is 682. The van der Waals surface area contributed by atoms with Crippen molar-refractivity contribution in [2.75, 3.05) is 23.3 Å². The fourth-order valence-electron chi connectivity index (χ4n) is 2.61. The van der Waals surface area contributed by atoms with E-state index in [0.717, 1.165) is 18.5 Å². The van der Waals surface area contributed by atoms with Gasteiger partial charge in [-0.15, -0.1) is 0 Å². The molecule has 0 aliphatic carbocycles. The van der Waals surface area contributed by atoms with Crippen LogP contribution >= 0.6 is 11.6 Å². The van der Waals surface area contributed by atoms with E-state index in [0.29, 0.717) is 23.5 Å². The fraction of sp³-hybridized carbons (Fsp3) is 0.375. The molecule has 1 fully saturated rings. The van der Waals surface area contributed by atoms with Crippen LogP contribution in [0.25, 0.3) is 0 Å². The zero-order chi connectivity index (χ0) is 16.4. The Balaban J connectivity index is 1.77. The van der Waals surface area contributed by atoms with E-state index in [1.165, 1.54) is 12.1 Å². The van der Waals surface area contributed by atoms with Crippen LogP contribution in [0.4, 0.5) is 16.2 Å². The van der Waals surface area contributed by atoms with Crippen molar-refractivity contribution in [1.82, 2.24) is 9.97 Å². The molecule has 7 heteroatoms. The predicted octanol–water partition coefficient (Wildman–Crippen LogP) is 3.01. The highest BCUT2D eigenvalue weighted by Crippen LogP contribution is 2.24. The highest BCUT2D eigenvalue weighted by molar-refractivity contribution is 6.29. The zero-order valence-electron chi connectivity index (χ0n) is 12.7. The van der Waals surface area contributed by atoms with Gasteiger partial charge < -0.3 is 15.3 Å². The lowest BCUT2D eigenvalue weighted by Crippen LogP contribution is -2.23. The van der Waals surface area contributed by atoms with Gasteiger partial charge in [-0.3, -0.25) is 0 Å². The molecule has 2 N–H and O–H groups in total. The summed E-state index contributed by atoms with van der Waals surface area (Å²) in [4.78, 5) is 10.6. The zero-order valence-corrected chi connectivity index (χ0v) is 13.5. The molecule has 0 amide bonds. The Morgan fingerprint density at radius 3 is 2.74 bits per heavy atom. The Labute approximate surface area is 139 Å². The number of nitrogens with zero attached hydrogens (tertiary/aromatic N) is 3. The van der Waals surface area contributed by atoms with E-state index >= 15 is 0 Å². The summed E-state index contributed by atoms with van der Waals surface area (Å²) in [6.07, 6.45) is 0.384. The molecule has 122 valence electrons. The first kappa shape index (κ1) is 16.0. The molecule has 2 heterocycles. The van der Waals surface area contributed by atoms with Gasteiger partial charge in [0.2, 0.25) is 5.95 Å². The van der Waals surface area contributed by atoms with E-state index in [2.05, 4.69) is 15.3 Å². The number of aliphatic hydroxyl groups is 1. The van der Waals surface area contributed by atoms with Gasteiger partial charge in [-0.05, 0) is 31.0 Å². The molecule has 0 saturated carbocycles. The first-order valence-corrected chi connectivity index (χ1v) is 7.88. The number of hydrogen-bond donors (Lipinski definition) is 2. The third-order valence-electron chi connectivity index (χ3n) is 3.88. The van der Waals surface area contributed by atoms with Crippen molar-refractivity contribution in [3.63, 3.8) is 0 Å². The van der Waals surface area contributed by atoms with Gasteiger partial charge >= 0.3 is 0 Å². The quantitative estimate of drug-likeness (QED) is 0.840. The van der Waals surface area contributed by atoms with Crippen molar-refractivity contribution in [2.45, 2.75) is 25.5 Å². The first-order valence-electron chi connectivity index (χ1n) is 7.51. The van der Waals surface area contributed by atoms with E-state index in [1.807, 2.05) is 11.8 Å². The molecule has 1 aliphatic heterocycles. The Kier molecular flexibility index (Phi) is 4.63. The molecule has 1 unspecified atom stereocenters. The number of hydrogen-bond acceptors (Lipinski definition) is 5. The second-order valence-electron chi connectivity index (χ2n) is 5.68. The molecule has 1 aromatic carbocycles. The fourth-order valence-corrected chi connectivity index (χ4v) is 2.79. The number of aromatic nitrogens is 2. The Morgan fingerprint density at radius 2 is 2.09 bits per heavy atom. The number of anilines is 2. The second-order valence-corrected chi connectivity index (χ2v) is 6.07. The molecule has 2 atom stereocenters. The molecular formula is C16H18ClFN4O. The van der Waals surface area contributed by atoms with Crippen molar-refractivity contribution in [2.24, 2.45) is 0 Å². The van der Waals surface area contributed by atoms with E-state index in [9.17, 15) is 9.50 Å². The van der Waals surface area contributed by atoms with Crippen molar-refractivity contribution in [3.8, 4) is 0 Å². The summed E-state index contributed by atoms with van der Waals surface area (Å²) in [6.45, 7) is 3.22. The molecule has 2 aromatic rings. The number of aliphatic hydroxyl groups excluding tert-OH is 1. The van der Waals surface area contributed by atoms with E-state index < -0.39 is 0 Å². The monoisotopic (exact) mass is 336 g/mol. The largest absolute Gasteiger partial charge is 0.391 e. The lowest BCUT2D eigenvalue weighted by Gasteiger charge is -2.19. The van der Waals surface area contributed by atoms with Gasteiger partial charge in [0.1, 0.15) is 16.8 Å². The predicted molar refractivity (Wildman–Crippen MR) is 88.3 cm³/mol. The molecule has 0 radical (unpaired) electrons. The maximum atomic E-state index is 13.0. The van der Waals surface area contributed by atoms with Gasteiger partial charge in [0.05, 0.1) is 12.1 Å². The summed E-state index contributed by atoms with van der Waals surface area (Å²) in [5.41, 5.74) is 0.924. The number of benzene rings is 1. The lowest BCUT2D eigenvalue weighted by molar-refractivity contribution is 0.198. The van der Waals surface area contributed by atoms with Crippen LogP contribution in [0.15, 0.2) is 30.3 Å². The number of nitrogens with one attached hydrogen (secondary N) is 1. The topological polar surface area (TPSA) is 61.3 Å². The molecule has 1 saturated heterocycles. The summed E-state index contributed by atoms with van der Waals surface area (Å²) < 4.78 is 13.0. The summed E-state index contributed by atoms with van der Waals surface area (Å²) in [6, 6.07) is 7.87. The average molecular weight is 337 g/mol. The molecule has 1 aromatic heterocycles.